The molecule has 0 amide bonds. The summed E-state index contributed by atoms with van der Waals surface area (Å²) in [7, 11) is 0. The summed E-state index contributed by atoms with van der Waals surface area (Å²) in [6.45, 7) is 3.03. The minimum Gasteiger partial charge on any atom is -0.465 e. The third-order valence-electron chi connectivity index (χ3n) is 2.13. The van der Waals surface area contributed by atoms with Crippen LogP contribution in [0.5, 0.6) is 0 Å². The van der Waals surface area contributed by atoms with E-state index < -0.39 is 6.10 Å². The molecule has 4 nitrogen and oxygen atoms in total. The molecule has 0 aromatic carbocycles. The topological polar surface area (TPSA) is 58.6 Å². The number of hydrogen-bond acceptors (Lipinski definition) is 4. The van der Waals surface area contributed by atoms with Crippen molar-refractivity contribution < 1.29 is 14.6 Å². The molecule has 0 radical (unpaired) electrons. The van der Waals surface area contributed by atoms with Crippen LogP contribution in [0.2, 0.25) is 0 Å². The van der Waals surface area contributed by atoms with E-state index in [0.29, 0.717) is 19.6 Å². The van der Waals surface area contributed by atoms with Gasteiger partial charge in [0.2, 0.25) is 0 Å². The van der Waals surface area contributed by atoms with Gasteiger partial charge in [0, 0.05) is 13.0 Å². The number of hydrogen-bond donors (Lipinski definition) is 2. The van der Waals surface area contributed by atoms with Crippen LogP contribution in [0.25, 0.3) is 0 Å². The number of β-amino-alcohol motifs (C(OH)–C–C–N with tert-alkyl or cyclic N) is 1. The number of unbranched alkanes of at least 4 members (excludes halogenated alkanes) is 1. The molecule has 0 saturated carbocycles. The average molecular weight is 187 g/mol. The number of carbonyl (C=O) groups is 1. The SMILES string of the molecule is CCCCOC(=O)[C@H]1C[C@@H](O)CN1. The molecule has 1 saturated heterocycles. The number of aliphatic hydroxyl groups is 1. The van der Waals surface area contributed by atoms with Gasteiger partial charge in [-0.05, 0) is 6.42 Å². The van der Waals surface area contributed by atoms with Crippen LogP contribution in [0.1, 0.15) is 26.2 Å². The van der Waals surface area contributed by atoms with Crippen molar-refractivity contribution in [3.63, 3.8) is 0 Å². The molecule has 2 atom stereocenters. The van der Waals surface area contributed by atoms with Gasteiger partial charge in [-0.3, -0.25) is 4.79 Å². The van der Waals surface area contributed by atoms with E-state index in [0.717, 1.165) is 12.8 Å². The largest absolute Gasteiger partial charge is 0.465 e. The first-order valence-electron chi connectivity index (χ1n) is 4.82. The minimum absolute atomic E-state index is 0.231. The molecule has 1 rings (SSSR count). The Morgan fingerprint density at radius 2 is 2.46 bits per heavy atom. The predicted octanol–water partition coefficient (Wildman–Crippen LogP) is 0.0525. The highest BCUT2D eigenvalue weighted by Crippen LogP contribution is 2.07. The first kappa shape index (κ1) is 10.5. The van der Waals surface area contributed by atoms with Crippen LogP contribution in [0, 0.1) is 0 Å². The maximum absolute atomic E-state index is 11.3. The first-order valence-corrected chi connectivity index (χ1v) is 4.82. The highest BCUT2D eigenvalue weighted by Gasteiger charge is 2.28. The second-order valence-corrected chi connectivity index (χ2v) is 3.37. The van der Waals surface area contributed by atoms with E-state index in [1.807, 2.05) is 6.92 Å². The van der Waals surface area contributed by atoms with E-state index in [2.05, 4.69) is 5.32 Å². The Labute approximate surface area is 78.3 Å². The Balaban J connectivity index is 2.16. The van der Waals surface area contributed by atoms with Crippen LogP contribution in [0.15, 0.2) is 0 Å². The van der Waals surface area contributed by atoms with Gasteiger partial charge in [-0.25, -0.2) is 0 Å². The lowest BCUT2D eigenvalue weighted by Crippen LogP contribution is -2.32. The molecule has 0 aliphatic carbocycles. The Kier molecular flexibility index (Phi) is 4.18. The number of aliphatic hydroxyl groups excluding tert-OH is 1. The van der Waals surface area contributed by atoms with E-state index in [-0.39, 0.29) is 12.0 Å². The highest BCUT2D eigenvalue weighted by atomic mass is 16.5. The van der Waals surface area contributed by atoms with Crippen molar-refractivity contribution in [1.82, 2.24) is 5.32 Å². The van der Waals surface area contributed by atoms with Gasteiger partial charge >= 0.3 is 5.97 Å². The summed E-state index contributed by atoms with van der Waals surface area (Å²) in [5.74, 6) is -0.231. The summed E-state index contributed by atoms with van der Waals surface area (Å²) in [5, 5.41) is 12.1. The van der Waals surface area contributed by atoms with E-state index >= 15 is 0 Å². The van der Waals surface area contributed by atoms with Crippen molar-refractivity contribution in [3.05, 3.63) is 0 Å². The van der Waals surface area contributed by atoms with Crippen molar-refractivity contribution in [2.75, 3.05) is 13.2 Å². The van der Waals surface area contributed by atoms with Crippen LogP contribution in [-0.2, 0) is 9.53 Å². The molecule has 13 heavy (non-hydrogen) atoms. The highest BCUT2D eigenvalue weighted by molar-refractivity contribution is 5.76. The third-order valence-corrected chi connectivity index (χ3v) is 2.13. The molecule has 0 bridgehead atoms. The average Bonchev–Trinajstić information content (AvgIpc) is 2.52. The molecule has 0 unspecified atom stereocenters. The monoisotopic (exact) mass is 187 g/mol. The normalized spacial score (nSPS) is 27.5. The minimum atomic E-state index is -0.399. The Hall–Kier alpha value is -0.610. The summed E-state index contributed by atoms with van der Waals surface area (Å²) in [6.07, 6.45) is 2.00. The van der Waals surface area contributed by atoms with E-state index in [1.54, 1.807) is 0 Å². The van der Waals surface area contributed by atoms with Crippen LogP contribution in [-0.4, -0.2) is 36.4 Å². The van der Waals surface area contributed by atoms with Gasteiger partial charge in [0.15, 0.2) is 0 Å². The van der Waals surface area contributed by atoms with Crippen LogP contribution in [0.3, 0.4) is 0 Å². The van der Waals surface area contributed by atoms with Crippen molar-refractivity contribution >= 4 is 5.97 Å². The van der Waals surface area contributed by atoms with E-state index in [9.17, 15) is 4.79 Å². The van der Waals surface area contributed by atoms with Gasteiger partial charge in [-0.1, -0.05) is 13.3 Å². The van der Waals surface area contributed by atoms with Gasteiger partial charge in [-0.2, -0.15) is 0 Å². The number of rotatable bonds is 4. The lowest BCUT2D eigenvalue weighted by Gasteiger charge is -2.09. The van der Waals surface area contributed by atoms with Crippen molar-refractivity contribution in [2.24, 2.45) is 0 Å². The molecule has 2 N–H and O–H groups in total. The second-order valence-electron chi connectivity index (χ2n) is 3.37. The van der Waals surface area contributed by atoms with Crippen LogP contribution < -0.4 is 5.32 Å². The molecule has 0 aromatic rings. The molecular weight excluding hydrogens is 170 g/mol. The van der Waals surface area contributed by atoms with Crippen molar-refractivity contribution in [1.29, 1.82) is 0 Å². The molecule has 0 aromatic heterocycles. The van der Waals surface area contributed by atoms with Crippen LogP contribution in [0.4, 0.5) is 0 Å². The zero-order valence-corrected chi connectivity index (χ0v) is 7.95. The summed E-state index contributed by atoms with van der Waals surface area (Å²) in [4.78, 5) is 11.3. The fourth-order valence-corrected chi connectivity index (χ4v) is 1.31. The maximum atomic E-state index is 11.3. The van der Waals surface area contributed by atoms with Gasteiger partial charge in [-0.15, -0.1) is 0 Å². The zero-order chi connectivity index (χ0) is 9.68. The lowest BCUT2D eigenvalue weighted by atomic mass is 10.2. The summed E-state index contributed by atoms with van der Waals surface area (Å²) in [5.41, 5.74) is 0. The molecule has 1 fully saturated rings. The summed E-state index contributed by atoms with van der Waals surface area (Å²) >= 11 is 0. The molecule has 4 heteroatoms. The van der Waals surface area contributed by atoms with Crippen molar-refractivity contribution in [2.45, 2.75) is 38.3 Å². The number of nitrogens with one attached hydrogen (secondary N) is 1. The van der Waals surface area contributed by atoms with Crippen molar-refractivity contribution in [3.8, 4) is 0 Å². The molecule has 1 heterocycles. The second kappa shape index (κ2) is 5.19. The third kappa shape index (κ3) is 3.32. The molecule has 1 aliphatic rings. The Morgan fingerprint density at radius 1 is 1.69 bits per heavy atom. The van der Waals surface area contributed by atoms with Gasteiger partial charge < -0.3 is 15.2 Å². The first-order chi connectivity index (χ1) is 6.24. The summed E-state index contributed by atoms with van der Waals surface area (Å²) < 4.78 is 5.00. The fourth-order valence-electron chi connectivity index (χ4n) is 1.31. The van der Waals surface area contributed by atoms with Gasteiger partial charge in [0.05, 0.1) is 12.7 Å². The molecule has 1 aliphatic heterocycles. The number of ether oxygens (including phenoxy) is 1. The van der Waals surface area contributed by atoms with E-state index in [4.69, 9.17) is 9.84 Å². The fraction of sp³-hybridized carbons (Fsp3) is 0.889. The molecule has 0 spiro atoms. The molecule has 76 valence electrons. The van der Waals surface area contributed by atoms with E-state index in [1.165, 1.54) is 0 Å². The quantitative estimate of drug-likeness (QED) is 0.482. The lowest BCUT2D eigenvalue weighted by molar-refractivity contribution is -0.146. The summed E-state index contributed by atoms with van der Waals surface area (Å²) in [6, 6.07) is -0.299. The molecular formula is C9H17NO3. The zero-order valence-electron chi connectivity index (χ0n) is 7.95. The predicted molar refractivity (Wildman–Crippen MR) is 48.3 cm³/mol. The number of esters is 1. The van der Waals surface area contributed by atoms with Gasteiger partial charge in [0.25, 0.3) is 0 Å². The number of carbonyl (C=O) groups excluding carboxylic acids is 1. The Morgan fingerprint density at radius 3 is 3.00 bits per heavy atom. The standard InChI is InChI=1S/C9H17NO3/c1-2-3-4-13-9(12)8-5-7(11)6-10-8/h7-8,10-11H,2-6H2,1H3/t7-,8-/m1/s1. The smallest absolute Gasteiger partial charge is 0.323 e. The maximum Gasteiger partial charge on any atom is 0.323 e. The van der Waals surface area contributed by atoms with Crippen LogP contribution >= 0.6 is 0 Å². The Bertz CT molecular complexity index is 172. The van der Waals surface area contributed by atoms with Gasteiger partial charge in [0.1, 0.15) is 6.04 Å².